The lowest BCUT2D eigenvalue weighted by Gasteiger charge is -2.23. The monoisotopic (exact) mass is 248 g/mol. The van der Waals surface area contributed by atoms with Crippen molar-refractivity contribution in [1.29, 1.82) is 5.26 Å². The van der Waals surface area contributed by atoms with E-state index in [0.29, 0.717) is 31.0 Å². The van der Waals surface area contributed by atoms with Crippen molar-refractivity contribution >= 4 is 5.91 Å². The Kier molecular flexibility index (Phi) is 5.31. The van der Waals surface area contributed by atoms with E-state index in [2.05, 4.69) is 0 Å². The summed E-state index contributed by atoms with van der Waals surface area (Å²) >= 11 is 0. The van der Waals surface area contributed by atoms with Gasteiger partial charge in [0.2, 0.25) is 0 Å². The number of hydrogen-bond acceptors (Lipinski definition) is 2. The minimum atomic E-state index is -0.362. The predicted molar refractivity (Wildman–Crippen MR) is 67.4 cm³/mol. The average molecular weight is 248 g/mol. The Labute approximate surface area is 107 Å². The number of nitrogens with zero attached hydrogens (tertiary/aromatic N) is 2. The van der Waals surface area contributed by atoms with Crippen molar-refractivity contribution in [3.05, 3.63) is 35.6 Å². The molecule has 1 rings (SSSR count). The van der Waals surface area contributed by atoms with Gasteiger partial charge in [-0.2, -0.15) is 5.26 Å². The minimum Gasteiger partial charge on any atom is -0.337 e. The molecule has 0 spiro atoms. The molecule has 0 N–H and O–H groups in total. The number of benzene rings is 1. The normalized spacial score (nSPS) is 10.2. The standard InChI is InChI=1S/C14H17FN2O/c1-11(2)10-17(9-3-8-16)14(18)12-4-6-13(15)7-5-12/h4-7,11H,3,9-10H2,1-2H3. The van der Waals surface area contributed by atoms with Gasteiger partial charge in [-0.1, -0.05) is 13.8 Å². The molecule has 0 aliphatic carbocycles. The molecule has 0 aromatic heterocycles. The molecule has 0 bridgehead atoms. The molecule has 0 saturated heterocycles. The van der Waals surface area contributed by atoms with Crippen molar-refractivity contribution in [3.63, 3.8) is 0 Å². The molecule has 3 nitrogen and oxygen atoms in total. The predicted octanol–water partition coefficient (Wildman–Crippen LogP) is 2.84. The van der Waals surface area contributed by atoms with Crippen LogP contribution in [-0.4, -0.2) is 23.9 Å². The highest BCUT2D eigenvalue weighted by molar-refractivity contribution is 5.94. The van der Waals surface area contributed by atoms with E-state index in [1.54, 1.807) is 4.90 Å². The van der Waals surface area contributed by atoms with Gasteiger partial charge in [0.25, 0.3) is 5.91 Å². The summed E-state index contributed by atoms with van der Waals surface area (Å²) < 4.78 is 12.8. The van der Waals surface area contributed by atoms with E-state index < -0.39 is 0 Å². The summed E-state index contributed by atoms with van der Waals surface area (Å²) in [7, 11) is 0. The van der Waals surface area contributed by atoms with Gasteiger partial charge < -0.3 is 4.90 Å². The summed E-state index contributed by atoms with van der Waals surface area (Å²) in [5.41, 5.74) is 0.454. The van der Waals surface area contributed by atoms with E-state index in [1.807, 2.05) is 19.9 Å². The van der Waals surface area contributed by atoms with E-state index in [4.69, 9.17) is 5.26 Å². The molecule has 0 heterocycles. The highest BCUT2D eigenvalue weighted by atomic mass is 19.1. The Morgan fingerprint density at radius 1 is 1.39 bits per heavy atom. The fourth-order valence-corrected chi connectivity index (χ4v) is 1.68. The van der Waals surface area contributed by atoms with Crippen LogP contribution in [0.1, 0.15) is 30.6 Å². The van der Waals surface area contributed by atoms with Crippen molar-refractivity contribution in [2.24, 2.45) is 5.92 Å². The first-order chi connectivity index (χ1) is 8.54. The number of rotatable bonds is 5. The first-order valence-corrected chi connectivity index (χ1v) is 5.96. The Hall–Kier alpha value is -1.89. The number of amides is 1. The Morgan fingerprint density at radius 2 is 2.00 bits per heavy atom. The molecule has 0 aliphatic heterocycles. The molecule has 0 unspecified atom stereocenters. The number of hydrogen-bond donors (Lipinski definition) is 0. The molecule has 0 radical (unpaired) electrons. The van der Waals surface area contributed by atoms with Crippen molar-refractivity contribution < 1.29 is 9.18 Å². The van der Waals surface area contributed by atoms with Crippen LogP contribution in [0.2, 0.25) is 0 Å². The van der Waals surface area contributed by atoms with Gasteiger partial charge in [-0.3, -0.25) is 4.79 Å². The van der Waals surface area contributed by atoms with Crippen LogP contribution < -0.4 is 0 Å². The van der Waals surface area contributed by atoms with Crippen LogP contribution in [0, 0.1) is 23.1 Å². The molecule has 96 valence electrons. The van der Waals surface area contributed by atoms with Gasteiger partial charge >= 0.3 is 0 Å². The minimum absolute atomic E-state index is 0.154. The van der Waals surface area contributed by atoms with Gasteiger partial charge in [-0.15, -0.1) is 0 Å². The molecule has 1 amide bonds. The zero-order valence-corrected chi connectivity index (χ0v) is 10.7. The van der Waals surface area contributed by atoms with Gasteiger partial charge in [0.1, 0.15) is 5.82 Å². The van der Waals surface area contributed by atoms with Crippen molar-refractivity contribution in [3.8, 4) is 6.07 Å². The van der Waals surface area contributed by atoms with Crippen molar-refractivity contribution in [1.82, 2.24) is 4.90 Å². The molecule has 0 aliphatic rings. The first-order valence-electron chi connectivity index (χ1n) is 5.96. The second-order valence-corrected chi connectivity index (χ2v) is 4.56. The molecule has 0 fully saturated rings. The highest BCUT2D eigenvalue weighted by Crippen LogP contribution is 2.09. The third-order valence-electron chi connectivity index (χ3n) is 2.46. The highest BCUT2D eigenvalue weighted by Gasteiger charge is 2.16. The summed E-state index contributed by atoms with van der Waals surface area (Å²) in [6, 6.07) is 7.51. The second kappa shape index (κ2) is 6.75. The van der Waals surface area contributed by atoms with Crippen molar-refractivity contribution in [2.45, 2.75) is 20.3 Å². The maximum Gasteiger partial charge on any atom is 0.253 e. The van der Waals surface area contributed by atoms with Gasteiger partial charge in [-0.05, 0) is 30.2 Å². The molecule has 4 heteroatoms. The molecule has 1 aromatic carbocycles. The number of halogens is 1. The summed E-state index contributed by atoms with van der Waals surface area (Å²) in [5, 5.41) is 8.60. The average Bonchev–Trinajstić information content (AvgIpc) is 2.34. The Morgan fingerprint density at radius 3 is 2.50 bits per heavy atom. The lowest BCUT2D eigenvalue weighted by atomic mass is 10.1. The number of nitriles is 1. The van der Waals surface area contributed by atoms with Gasteiger partial charge in [0.05, 0.1) is 12.5 Å². The largest absolute Gasteiger partial charge is 0.337 e. The summed E-state index contributed by atoms with van der Waals surface area (Å²) in [6.07, 6.45) is 0.305. The smallest absolute Gasteiger partial charge is 0.253 e. The van der Waals surface area contributed by atoms with Crippen LogP contribution in [0.5, 0.6) is 0 Å². The molecule has 0 atom stereocenters. The van der Waals surface area contributed by atoms with Crippen LogP contribution in [0.25, 0.3) is 0 Å². The Bertz CT molecular complexity index is 434. The quantitative estimate of drug-likeness (QED) is 0.804. The lowest BCUT2D eigenvalue weighted by molar-refractivity contribution is 0.0740. The maximum absolute atomic E-state index is 12.8. The van der Waals surface area contributed by atoms with Crippen LogP contribution in [0.15, 0.2) is 24.3 Å². The third kappa shape index (κ3) is 4.17. The zero-order chi connectivity index (χ0) is 13.5. The SMILES string of the molecule is CC(C)CN(CCC#N)C(=O)c1ccc(F)cc1. The van der Waals surface area contributed by atoms with Gasteiger partial charge in [0, 0.05) is 18.7 Å². The number of carbonyl (C=O) groups excluding carboxylic acids is 1. The molecule has 18 heavy (non-hydrogen) atoms. The fourth-order valence-electron chi connectivity index (χ4n) is 1.68. The van der Waals surface area contributed by atoms with E-state index in [9.17, 15) is 9.18 Å². The third-order valence-corrected chi connectivity index (χ3v) is 2.46. The first kappa shape index (κ1) is 14.2. The lowest BCUT2D eigenvalue weighted by Crippen LogP contribution is -2.35. The Balaban J connectivity index is 2.81. The fraction of sp³-hybridized carbons (Fsp3) is 0.429. The van der Waals surface area contributed by atoms with Crippen LogP contribution in [0.3, 0.4) is 0 Å². The molecular formula is C14H17FN2O. The molecule has 0 saturated carbocycles. The summed E-state index contributed by atoms with van der Waals surface area (Å²) in [5.74, 6) is -0.189. The van der Waals surface area contributed by atoms with Gasteiger partial charge in [0.15, 0.2) is 0 Å². The van der Waals surface area contributed by atoms with E-state index in [1.165, 1.54) is 24.3 Å². The maximum atomic E-state index is 12.8. The van der Waals surface area contributed by atoms with Crippen LogP contribution in [-0.2, 0) is 0 Å². The number of carbonyl (C=O) groups is 1. The van der Waals surface area contributed by atoms with Crippen molar-refractivity contribution in [2.75, 3.05) is 13.1 Å². The van der Waals surface area contributed by atoms with Gasteiger partial charge in [-0.25, -0.2) is 4.39 Å². The van der Waals surface area contributed by atoms with E-state index in [-0.39, 0.29) is 11.7 Å². The van der Waals surface area contributed by atoms with E-state index in [0.717, 1.165) is 0 Å². The zero-order valence-electron chi connectivity index (χ0n) is 10.7. The summed E-state index contributed by atoms with van der Waals surface area (Å²) in [4.78, 5) is 13.8. The van der Waals surface area contributed by atoms with Crippen LogP contribution >= 0.6 is 0 Å². The molecular weight excluding hydrogens is 231 g/mol. The summed E-state index contributed by atoms with van der Waals surface area (Å²) in [6.45, 7) is 5.03. The van der Waals surface area contributed by atoms with E-state index >= 15 is 0 Å². The van der Waals surface area contributed by atoms with Crippen LogP contribution in [0.4, 0.5) is 4.39 Å². The second-order valence-electron chi connectivity index (χ2n) is 4.56. The molecule has 1 aromatic rings. The topological polar surface area (TPSA) is 44.1 Å².